The molecule has 0 aliphatic carbocycles. The summed E-state index contributed by atoms with van der Waals surface area (Å²) in [5.41, 5.74) is 6.46. The number of nitrogens with one attached hydrogen (secondary N) is 1. The van der Waals surface area contributed by atoms with E-state index in [1.54, 1.807) is 0 Å². The van der Waals surface area contributed by atoms with Crippen LogP contribution in [0.2, 0.25) is 0 Å². The Hall–Kier alpha value is -2.67. The van der Waals surface area contributed by atoms with E-state index in [-0.39, 0.29) is 30.0 Å². The monoisotopic (exact) mass is 288 g/mol. The van der Waals surface area contributed by atoms with Crippen molar-refractivity contribution >= 4 is 17.3 Å². The molecule has 2 rings (SSSR count). The summed E-state index contributed by atoms with van der Waals surface area (Å²) in [4.78, 5) is 14.3. The van der Waals surface area contributed by atoms with Crippen LogP contribution in [0.15, 0.2) is 42.5 Å². The summed E-state index contributed by atoms with van der Waals surface area (Å²) in [7, 11) is 0. The van der Waals surface area contributed by atoms with Crippen LogP contribution >= 0.6 is 0 Å². The smallest absolute Gasteiger partial charge is 0.276 e. The number of anilines is 2. The number of nitro groups is 1. The maximum absolute atomic E-state index is 10.8. The molecule has 1 aromatic heterocycles. The number of aliphatic hydroxyl groups is 1. The molecule has 7 heteroatoms. The van der Waals surface area contributed by atoms with Gasteiger partial charge in [0.2, 0.25) is 0 Å². The molecule has 7 nitrogen and oxygen atoms in total. The van der Waals surface area contributed by atoms with Gasteiger partial charge in [0.1, 0.15) is 11.6 Å². The number of hydrogen-bond acceptors (Lipinski definition) is 6. The van der Waals surface area contributed by atoms with Crippen LogP contribution in [0.25, 0.3) is 0 Å². The molecule has 4 N–H and O–H groups in total. The zero-order valence-electron chi connectivity index (χ0n) is 11.3. The molecule has 0 amide bonds. The maximum Gasteiger partial charge on any atom is 0.276 e. The minimum absolute atomic E-state index is 0.0584. The first-order valence-corrected chi connectivity index (χ1v) is 6.41. The van der Waals surface area contributed by atoms with Crippen molar-refractivity contribution in [2.75, 3.05) is 17.7 Å². The summed E-state index contributed by atoms with van der Waals surface area (Å²) < 4.78 is 0. The zero-order valence-corrected chi connectivity index (χ0v) is 11.3. The first-order chi connectivity index (χ1) is 10.1. The Bertz CT molecular complexity index is 619. The van der Waals surface area contributed by atoms with Gasteiger partial charge in [-0.15, -0.1) is 0 Å². The van der Waals surface area contributed by atoms with Gasteiger partial charge in [0.05, 0.1) is 29.7 Å². The number of rotatable bonds is 6. The van der Waals surface area contributed by atoms with Crippen LogP contribution in [0.5, 0.6) is 0 Å². The Morgan fingerprint density at radius 3 is 2.67 bits per heavy atom. The molecule has 21 heavy (non-hydrogen) atoms. The molecule has 0 spiro atoms. The number of hydrogen-bond donors (Lipinski definition) is 3. The number of nitrogen functional groups attached to an aromatic ring is 1. The summed E-state index contributed by atoms with van der Waals surface area (Å²) in [6.07, 6.45) is 0.571. The second kappa shape index (κ2) is 6.67. The lowest BCUT2D eigenvalue weighted by molar-refractivity contribution is -0.384. The molecular weight excluding hydrogens is 272 g/mol. The van der Waals surface area contributed by atoms with Crippen molar-refractivity contribution in [3.8, 4) is 0 Å². The van der Waals surface area contributed by atoms with Crippen LogP contribution in [0.4, 0.5) is 17.3 Å². The Morgan fingerprint density at radius 2 is 2.05 bits per heavy atom. The molecule has 1 atom stereocenters. The van der Waals surface area contributed by atoms with Crippen molar-refractivity contribution in [3.05, 3.63) is 58.1 Å². The van der Waals surface area contributed by atoms with E-state index in [4.69, 9.17) is 5.73 Å². The number of aliphatic hydroxyl groups excluding tert-OH is 1. The lowest BCUT2D eigenvalue weighted by atomic mass is 10.1. The van der Waals surface area contributed by atoms with E-state index < -0.39 is 4.92 Å². The average Bonchev–Trinajstić information content (AvgIpc) is 2.47. The second-order valence-electron chi connectivity index (χ2n) is 4.61. The fourth-order valence-corrected chi connectivity index (χ4v) is 1.99. The van der Waals surface area contributed by atoms with E-state index in [0.29, 0.717) is 6.42 Å². The molecule has 1 heterocycles. The van der Waals surface area contributed by atoms with Crippen molar-refractivity contribution in [1.82, 2.24) is 4.98 Å². The SMILES string of the molecule is Nc1cc([N+](=O)[O-])cc(NC(CO)Cc2ccccc2)n1. The first-order valence-electron chi connectivity index (χ1n) is 6.41. The second-order valence-corrected chi connectivity index (χ2v) is 4.61. The number of pyridine rings is 1. The Balaban J connectivity index is 2.13. The van der Waals surface area contributed by atoms with Crippen LogP contribution in [-0.4, -0.2) is 27.7 Å². The van der Waals surface area contributed by atoms with Crippen LogP contribution in [0.1, 0.15) is 5.56 Å². The molecule has 0 saturated carbocycles. The predicted molar refractivity (Wildman–Crippen MR) is 79.9 cm³/mol. The van der Waals surface area contributed by atoms with E-state index >= 15 is 0 Å². The third-order valence-electron chi connectivity index (χ3n) is 2.94. The predicted octanol–water partition coefficient (Wildman–Crippen LogP) is 1.59. The summed E-state index contributed by atoms with van der Waals surface area (Å²) in [5, 5.41) is 23.2. The molecule has 2 aromatic rings. The molecule has 0 aliphatic rings. The molecule has 110 valence electrons. The van der Waals surface area contributed by atoms with Crippen molar-refractivity contribution in [3.63, 3.8) is 0 Å². The fraction of sp³-hybridized carbons (Fsp3) is 0.214. The van der Waals surface area contributed by atoms with Crippen LogP contribution in [0, 0.1) is 10.1 Å². The van der Waals surface area contributed by atoms with Gasteiger partial charge in [-0.1, -0.05) is 30.3 Å². The molecular formula is C14H16N4O3. The molecule has 1 aromatic carbocycles. The topological polar surface area (TPSA) is 114 Å². The minimum atomic E-state index is -0.533. The van der Waals surface area contributed by atoms with Crippen molar-refractivity contribution in [1.29, 1.82) is 0 Å². The normalized spacial score (nSPS) is 11.9. The quantitative estimate of drug-likeness (QED) is 0.549. The summed E-state index contributed by atoms with van der Waals surface area (Å²) in [6, 6.07) is 11.8. The minimum Gasteiger partial charge on any atom is -0.394 e. The van der Waals surface area contributed by atoms with Crippen molar-refractivity contribution in [2.24, 2.45) is 0 Å². The Kier molecular flexibility index (Phi) is 4.68. The van der Waals surface area contributed by atoms with Gasteiger partial charge in [0, 0.05) is 0 Å². The molecule has 0 fully saturated rings. The van der Waals surface area contributed by atoms with Gasteiger partial charge < -0.3 is 16.2 Å². The van der Waals surface area contributed by atoms with Crippen molar-refractivity contribution in [2.45, 2.75) is 12.5 Å². The van der Waals surface area contributed by atoms with Gasteiger partial charge in [-0.05, 0) is 12.0 Å². The third-order valence-corrected chi connectivity index (χ3v) is 2.94. The Labute approximate surface area is 121 Å². The zero-order chi connectivity index (χ0) is 15.2. The molecule has 0 saturated heterocycles. The fourth-order valence-electron chi connectivity index (χ4n) is 1.99. The maximum atomic E-state index is 10.8. The highest BCUT2D eigenvalue weighted by molar-refractivity contribution is 5.53. The molecule has 0 radical (unpaired) electrons. The summed E-state index contributed by atoms with van der Waals surface area (Å²) in [5.74, 6) is 0.333. The van der Waals surface area contributed by atoms with E-state index in [2.05, 4.69) is 10.3 Å². The van der Waals surface area contributed by atoms with Crippen LogP contribution in [0.3, 0.4) is 0 Å². The number of nitrogens with zero attached hydrogens (tertiary/aromatic N) is 2. The molecule has 0 aliphatic heterocycles. The number of benzene rings is 1. The highest BCUT2D eigenvalue weighted by Crippen LogP contribution is 2.19. The van der Waals surface area contributed by atoms with Gasteiger partial charge in [-0.25, -0.2) is 4.98 Å². The first kappa shape index (κ1) is 14.7. The van der Waals surface area contributed by atoms with Gasteiger partial charge in [-0.3, -0.25) is 10.1 Å². The highest BCUT2D eigenvalue weighted by Gasteiger charge is 2.13. The van der Waals surface area contributed by atoms with Gasteiger partial charge in [0.25, 0.3) is 5.69 Å². The molecule has 1 unspecified atom stereocenters. The average molecular weight is 288 g/mol. The third kappa shape index (κ3) is 4.15. The number of nitrogens with two attached hydrogens (primary N) is 1. The highest BCUT2D eigenvalue weighted by atomic mass is 16.6. The lowest BCUT2D eigenvalue weighted by Gasteiger charge is -2.17. The van der Waals surface area contributed by atoms with E-state index in [9.17, 15) is 15.2 Å². The van der Waals surface area contributed by atoms with Gasteiger partial charge in [0.15, 0.2) is 0 Å². The largest absolute Gasteiger partial charge is 0.394 e. The lowest BCUT2D eigenvalue weighted by Crippen LogP contribution is -2.27. The van der Waals surface area contributed by atoms with Gasteiger partial charge >= 0.3 is 0 Å². The van der Waals surface area contributed by atoms with Crippen molar-refractivity contribution < 1.29 is 10.0 Å². The van der Waals surface area contributed by atoms with E-state index in [1.807, 2.05) is 30.3 Å². The van der Waals surface area contributed by atoms with Gasteiger partial charge in [-0.2, -0.15) is 0 Å². The Morgan fingerprint density at radius 1 is 1.33 bits per heavy atom. The van der Waals surface area contributed by atoms with E-state index in [1.165, 1.54) is 12.1 Å². The summed E-state index contributed by atoms with van der Waals surface area (Å²) >= 11 is 0. The van der Waals surface area contributed by atoms with Crippen LogP contribution in [-0.2, 0) is 6.42 Å². The van der Waals surface area contributed by atoms with E-state index in [0.717, 1.165) is 5.56 Å². The molecule has 0 bridgehead atoms. The number of aromatic nitrogens is 1. The van der Waals surface area contributed by atoms with Crippen LogP contribution < -0.4 is 11.1 Å². The standard InChI is InChI=1S/C14H16N4O3/c15-13-7-12(18(20)21)8-14(17-13)16-11(9-19)6-10-4-2-1-3-5-10/h1-5,7-8,11,19H,6,9H2,(H3,15,16,17). The summed E-state index contributed by atoms with van der Waals surface area (Å²) in [6.45, 7) is -0.126.